The van der Waals surface area contributed by atoms with Crippen molar-refractivity contribution in [1.82, 2.24) is 4.90 Å². The van der Waals surface area contributed by atoms with Crippen molar-refractivity contribution in [3.63, 3.8) is 0 Å². The van der Waals surface area contributed by atoms with Crippen LogP contribution in [0.2, 0.25) is 0 Å². The lowest BCUT2D eigenvalue weighted by molar-refractivity contribution is 0.0792. The van der Waals surface area contributed by atoms with E-state index in [-0.39, 0.29) is 5.91 Å². The van der Waals surface area contributed by atoms with Gasteiger partial charge in [-0.25, -0.2) is 0 Å². The van der Waals surface area contributed by atoms with Crippen molar-refractivity contribution < 1.29 is 9.53 Å². The van der Waals surface area contributed by atoms with Crippen molar-refractivity contribution in [2.24, 2.45) is 0 Å². The Morgan fingerprint density at radius 2 is 1.91 bits per heavy atom. The topological polar surface area (TPSA) is 55.6 Å². The zero-order valence-corrected chi connectivity index (χ0v) is 12.7. The number of hydrogen-bond acceptors (Lipinski definition) is 3. The molecule has 1 aliphatic rings. The Labute approximate surface area is 130 Å². The maximum absolute atomic E-state index is 12.6. The molecule has 1 unspecified atom stereocenters. The van der Waals surface area contributed by atoms with E-state index in [2.05, 4.69) is 12.1 Å². The lowest BCUT2D eigenvalue weighted by atomic mass is 9.98. The Kier molecular flexibility index (Phi) is 4.00. The molecule has 1 atom stereocenters. The monoisotopic (exact) mass is 296 g/mol. The van der Waals surface area contributed by atoms with Crippen LogP contribution in [0.25, 0.3) is 0 Å². The standard InChI is InChI=1S/C18H20N2O2/c1-22-15-8-6-13(7-9-15)14-10-11-20(12-14)18(21)16-4-2-3-5-17(16)19/h2-9,14H,10-12,19H2,1H3. The number of carbonyl (C=O) groups is 1. The molecule has 0 spiro atoms. The molecule has 0 aromatic heterocycles. The second-order valence-electron chi connectivity index (χ2n) is 5.60. The first-order valence-corrected chi connectivity index (χ1v) is 7.47. The predicted octanol–water partition coefficient (Wildman–Crippen LogP) is 2.91. The zero-order valence-electron chi connectivity index (χ0n) is 12.7. The van der Waals surface area contributed by atoms with Gasteiger partial charge in [-0.1, -0.05) is 24.3 Å². The fourth-order valence-corrected chi connectivity index (χ4v) is 2.96. The number of hydrogen-bond donors (Lipinski definition) is 1. The molecule has 1 saturated heterocycles. The van der Waals surface area contributed by atoms with E-state index in [0.717, 1.165) is 25.3 Å². The number of para-hydroxylation sites is 1. The van der Waals surface area contributed by atoms with Gasteiger partial charge in [0.1, 0.15) is 5.75 Å². The van der Waals surface area contributed by atoms with E-state index in [9.17, 15) is 4.79 Å². The number of rotatable bonds is 3. The molecule has 22 heavy (non-hydrogen) atoms. The third-order valence-electron chi connectivity index (χ3n) is 4.25. The Bertz CT molecular complexity index is 667. The van der Waals surface area contributed by atoms with Crippen LogP contribution in [0.3, 0.4) is 0 Å². The summed E-state index contributed by atoms with van der Waals surface area (Å²) in [7, 11) is 1.66. The average Bonchev–Trinajstić information content (AvgIpc) is 3.05. The van der Waals surface area contributed by atoms with E-state index in [1.54, 1.807) is 19.2 Å². The van der Waals surface area contributed by atoms with E-state index >= 15 is 0 Å². The van der Waals surface area contributed by atoms with Gasteiger partial charge in [-0.3, -0.25) is 4.79 Å². The van der Waals surface area contributed by atoms with E-state index < -0.39 is 0 Å². The number of methoxy groups -OCH3 is 1. The van der Waals surface area contributed by atoms with Gasteiger partial charge in [0.25, 0.3) is 5.91 Å². The Morgan fingerprint density at radius 1 is 1.18 bits per heavy atom. The number of nitrogens with zero attached hydrogens (tertiary/aromatic N) is 1. The molecule has 4 nitrogen and oxygen atoms in total. The smallest absolute Gasteiger partial charge is 0.255 e. The SMILES string of the molecule is COc1ccc(C2CCN(C(=O)c3ccccc3N)C2)cc1. The molecular weight excluding hydrogens is 276 g/mol. The van der Waals surface area contributed by atoms with Crippen LogP contribution in [0.4, 0.5) is 5.69 Å². The van der Waals surface area contributed by atoms with E-state index in [0.29, 0.717) is 17.2 Å². The number of nitrogens with two attached hydrogens (primary N) is 1. The number of nitrogen functional groups attached to an aromatic ring is 1. The van der Waals surface area contributed by atoms with Crippen LogP contribution in [-0.2, 0) is 0 Å². The molecule has 4 heteroatoms. The van der Waals surface area contributed by atoms with Crippen molar-refractivity contribution in [3.8, 4) is 5.75 Å². The minimum Gasteiger partial charge on any atom is -0.497 e. The fourth-order valence-electron chi connectivity index (χ4n) is 2.96. The summed E-state index contributed by atoms with van der Waals surface area (Å²) in [5.74, 6) is 1.25. The Morgan fingerprint density at radius 3 is 2.59 bits per heavy atom. The maximum atomic E-state index is 12.6. The molecule has 114 valence electrons. The van der Waals surface area contributed by atoms with E-state index in [4.69, 9.17) is 10.5 Å². The number of carbonyl (C=O) groups excluding carboxylic acids is 1. The third kappa shape index (κ3) is 2.77. The maximum Gasteiger partial charge on any atom is 0.255 e. The molecule has 2 aromatic carbocycles. The highest BCUT2D eigenvalue weighted by molar-refractivity contribution is 5.99. The molecule has 0 saturated carbocycles. The first-order chi connectivity index (χ1) is 10.7. The minimum absolute atomic E-state index is 0.0223. The van der Waals surface area contributed by atoms with Crippen LogP contribution in [0.15, 0.2) is 48.5 Å². The minimum atomic E-state index is 0.0223. The highest BCUT2D eigenvalue weighted by Gasteiger charge is 2.28. The molecule has 1 aliphatic heterocycles. The number of anilines is 1. The summed E-state index contributed by atoms with van der Waals surface area (Å²) >= 11 is 0. The van der Waals surface area contributed by atoms with Gasteiger partial charge < -0.3 is 15.4 Å². The van der Waals surface area contributed by atoms with Crippen LogP contribution in [0, 0.1) is 0 Å². The summed E-state index contributed by atoms with van der Waals surface area (Å²) in [5, 5.41) is 0. The Hall–Kier alpha value is -2.49. The zero-order chi connectivity index (χ0) is 15.5. The van der Waals surface area contributed by atoms with Gasteiger partial charge in [-0.2, -0.15) is 0 Å². The van der Waals surface area contributed by atoms with Crippen molar-refractivity contribution in [2.45, 2.75) is 12.3 Å². The molecule has 0 radical (unpaired) electrons. The fraction of sp³-hybridized carbons (Fsp3) is 0.278. The van der Waals surface area contributed by atoms with Crippen LogP contribution < -0.4 is 10.5 Å². The summed E-state index contributed by atoms with van der Waals surface area (Å²) in [5.41, 5.74) is 8.29. The summed E-state index contributed by atoms with van der Waals surface area (Å²) in [6, 6.07) is 15.3. The normalized spacial score (nSPS) is 17.5. The molecule has 2 N–H and O–H groups in total. The first kappa shape index (κ1) is 14.4. The van der Waals surface area contributed by atoms with Gasteiger partial charge in [0, 0.05) is 24.7 Å². The predicted molar refractivity (Wildman–Crippen MR) is 87.1 cm³/mol. The van der Waals surface area contributed by atoms with Crippen molar-refractivity contribution in [2.75, 3.05) is 25.9 Å². The van der Waals surface area contributed by atoms with Crippen LogP contribution >= 0.6 is 0 Å². The highest BCUT2D eigenvalue weighted by Crippen LogP contribution is 2.29. The van der Waals surface area contributed by atoms with Gasteiger partial charge in [0.2, 0.25) is 0 Å². The molecule has 3 rings (SSSR count). The lowest BCUT2D eigenvalue weighted by Crippen LogP contribution is -2.29. The van der Waals surface area contributed by atoms with Gasteiger partial charge in [-0.15, -0.1) is 0 Å². The second-order valence-corrected chi connectivity index (χ2v) is 5.60. The molecule has 0 aliphatic carbocycles. The molecule has 1 heterocycles. The van der Waals surface area contributed by atoms with Crippen LogP contribution in [-0.4, -0.2) is 31.0 Å². The highest BCUT2D eigenvalue weighted by atomic mass is 16.5. The van der Waals surface area contributed by atoms with E-state index in [1.165, 1.54) is 5.56 Å². The van der Waals surface area contributed by atoms with Crippen molar-refractivity contribution in [1.29, 1.82) is 0 Å². The van der Waals surface area contributed by atoms with Gasteiger partial charge >= 0.3 is 0 Å². The summed E-state index contributed by atoms with van der Waals surface area (Å²) in [6.45, 7) is 1.50. The van der Waals surface area contributed by atoms with Crippen LogP contribution in [0.1, 0.15) is 28.3 Å². The first-order valence-electron chi connectivity index (χ1n) is 7.47. The molecular formula is C18H20N2O2. The quantitative estimate of drug-likeness (QED) is 0.886. The number of likely N-dealkylation sites (tertiary alicyclic amines) is 1. The lowest BCUT2D eigenvalue weighted by Gasteiger charge is -2.18. The van der Waals surface area contributed by atoms with Crippen molar-refractivity contribution in [3.05, 3.63) is 59.7 Å². The molecule has 0 bridgehead atoms. The molecule has 1 fully saturated rings. The molecule has 2 aromatic rings. The largest absolute Gasteiger partial charge is 0.497 e. The summed E-state index contributed by atoms with van der Waals surface area (Å²) < 4.78 is 5.18. The summed E-state index contributed by atoms with van der Waals surface area (Å²) in [4.78, 5) is 14.5. The summed E-state index contributed by atoms with van der Waals surface area (Å²) in [6.07, 6.45) is 0.977. The Balaban J connectivity index is 1.71. The third-order valence-corrected chi connectivity index (χ3v) is 4.25. The van der Waals surface area contributed by atoms with E-state index in [1.807, 2.05) is 29.2 Å². The average molecular weight is 296 g/mol. The number of ether oxygens (including phenoxy) is 1. The number of benzene rings is 2. The van der Waals surface area contributed by atoms with Gasteiger partial charge in [0.15, 0.2) is 0 Å². The van der Waals surface area contributed by atoms with Crippen LogP contribution in [0.5, 0.6) is 5.75 Å². The van der Waals surface area contributed by atoms with Crippen molar-refractivity contribution >= 4 is 11.6 Å². The number of amides is 1. The van der Waals surface area contributed by atoms with Gasteiger partial charge in [0.05, 0.1) is 12.7 Å². The molecule has 1 amide bonds. The second kappa shape index (κ2) is 6.10. The van der Waals surface area contributed by atoms with Gasteiger partial charge in [-0.05, 0) is 36.2 Å².